The fourth-order valence-electron chi connectivity index (χ4n) is 7.29. The highest BCUT2D eigenvalue weighted by atomic mass is 28.4. The maximum absolute atomic E-state index is 13.8. The zero-order valence-electron chi connectivity index (χ0n) is 41.8. The maximum atomic E-state index is 13.8. The molecule has 2 aromatic rings. The molecule has 2 saturated heterocycles. The Morgan fingerprint density at radius 1 is 0.908 bits per heavy atom. The van der Waals surface area contributed by atoms with Crippen molar-refractivity contribution < 1.29 is 61.5 Å². The molecule has 3 heterocycles. The lowest BCUT2D eigenvalue weighted by atomic mass is 9.99. The highest BCUT2D eigenvalue weighted by molar-refractivity contribution is 6.74. The maximum Gasteiger partial charge on any atom is 0.439 e. The van der Waals surface area contributed by atoms with Gasteiger partial charge in [-0.2, -0.15) is 5.06 Å². The number of carbonyl (C=O) groups excluding carboxylic acids is 2. The molecule has 15 heteroatoms. The lowest BCUT2D eigenvalue weighted by Crippen LogP contribution is -2.44. The van der Waals surface area contributed by atoms with E-state index in [1.54, 1.807) is 59.9 Å². The van der Waals surface area contributed by atoms with Gasteiger partial charge >= 0.3 is 12.1 Å². The number of hydroxylamine groups is 1. The summed E-state index contributed by atoms with van der Waals surface area (Å²) in [5, 5.41) is 1.13. The molecule has 0 N–H and O–H groups in total. The van der Waals surface area contributed by atoms with Crippen molar-refractivity contribution in [3.8, 4) is 11.5 Å². The van der Waals surface area contributed by atoms with E-state index >= 15 is 0 Å². The van der Waals surface area contributed by atoms with Crippen molar-refractivity contribution in [1.82, 2.24) is 0 Å². The number of rotatable bonds is 17. The number of nitrogens with zero attached hydrogens (tertiary/aromatic N) is 1. The van der Waals surface area contributed by atoms with E-state index in [-0.39, 0.29) is 47.3 Å². The lowest BCUT2D eigenvalue weighted by Gasteiger charge is -2.39. The Bertz CT molecular complexity index is 2010. The molecular formula is C50H75NO13Si. The molecule has 0 aromatic heterocycles. The molecule has 0 saturated carbocycles. The van der Waals surface area contributed by atoms with Crippen molar-refractivity contribution in [2.75, 3.05) is 25.4 Å². The van der Waals surface area contributed by atoms with Crippen molar-refractivity contribution in [1.29, 1.82) is 0 Å². The monoisotopic (exact) mass is 926 g/mol. The van der Waals surface area contributed by atoms with Gasteiger partial charge in [0.2, 0.25) is 5.79 Å². The van der Waals surface area contributed by atoms with Crippen LogP contribution in [-0.2, 0) is 49.0 Å². The van der Waals surface area contributed by atoms with Gasteiger partial charge in [-0.1, -0.05) is 64.1 Å². The number of cyclic esters (lactones) is 1. The Kier molecular flexibility index (Phi) is 16.2. The second-order valence-corrected chi connectivity index (χ2v) is 25.8. The Balaban J connectivity index is 1.47. The predicted octanol–water partition coefficient (Wildman–Crippen LogP) is 10.9. The van der Waals surface area contributed by atoms with Gasteiger partial charge in [0.05, 0.1) is 32.1 Å². The minimum absolute atomic E-state index is 0.0208. The molecule has 0 spiro atoms. The SMILES string of the molecule is COc1ccc(COC(C=C[C@@H](C)[C@H](C)O[Si](C)(C)C(C)(C)C)[C@H]2OC(C)(C)O[C@H]2CC=Cc2cc(N(OC[C@H]3COC(C)(C)O3)C(=O)OC(C)(C)C)cc3c2C(=O)OC(C)(C)O3)cc1. The van der Waals surface area contributed by atoms with Crippen LogP contribution in [0.5, 0.6) is 11.5 Å². The molecule has 0 aliphatic carbocycles. The van der Waals surface area contributed by atoms with Crippen LogP contribution in [0, 0.1) is 5.92 Å². The van der Waals surface area contributed by atoms with E-state index in [4.69, 9.17) is 51.9 Å². The van der Waals surface area contributed by atoms with Crippen LogP contribution in [0.25, 0.3) is 6.08 Å². The first-order valence-corrected chi connectivity index (χ1v) is 25.6. The van der Waals surface area contributed by atoms with E-state index in [2.05, 4.69) is 59.9 Å². The van der Waals surface area contributed by atoms with Gasteiger partial charge in [-0.25, -0.2) is 9.59 Å². The number of hydrogen-bond donors (Lipinski definition) is 0. The number of ether oxygens (including phenoxy) is 9. The fourth-order valence-corrected chi connectivity index (χ4v) is 8.78. The number of esters is 1. The first-order valence-electron chi connectivity index (χ1n) is 22.7. The average molecular weight is 926 g/mol. The van der Waals surface area contributed by atoms with Crippen LogP contribution in [-0.4, -0.2) is 94.2 Å². The second-order valence-electron chi connectivity index (χ2n) is 21.0. The molecule has 14 nitrogen and oxygen atoms in total. The van der Waals surface area contributed by atoms with Gasteiger partial charge in [0, 0.05) is 26.0 Å². The minimum Gasteiger partial charge on any atom is -0.497 e. The summed E-state index contributed by atoms with van der Waals surface area (Å²) in [6.45, 7) is 32.1. The summed E-state index contributed by atoms with van der Waals surface area (Å²) < 4.78 is 61.4. The van der Waals surface area contributed by atoms with E-state index in [0.29, 0.717) is 18.6 Å². The molecule has 1 unspecified atom stereocenters. The van der Waals surface area contributed by atoms with Crippen LogP contribution in [0.1, 0.15) is 125 Å². The van der Waals surface area contributed by atoms with Crippen molar-refractivity contribution >= 4 is 32.1 Å². The largest absolute Gasteiger partial charge is 0.497 e. The molecular weight excluding hydrogens is 851 g/mol. The summed E-state index contributed by atoms with van der Waals surface area (Å²) >= 11 is 0. The second kappa shape index (κ2) is 20.2. The molecule has 0 radical (unpaired) electrons. The lowest BCUT2D eigenvalue weighted by molar-refractivity contribution is -0.156. The molecule has 3 aliphatic rings. The van der Waals surface area contributed by atoms with Crippen LogP contribution in [0.4, 0.5) is 10.5 Å². The third-order valence-corrected chi connectivity index (χ3v) is 16.3. The number of fused-ring (bicyclic) bond motifs is 1. The molecule has 0 bridgehead atoms. The first-order chi connectivity index (χ1) is 30.0. The molecule has 65 heavy (non-hydrogen) atoms. The summed E-state index contributed by atoms with van der Waals surface area (Å²) in [5.74, 6) is -2.55. The molecule has 362 valence electrons. The summed E-state index contributed by atoms with van der Waals surface area (Å²) in [6.07, 6.45) is 5.51. The summed E-state index contributed by atoms with van der Waals surface area (Å²) in [6, 6.07) is 11.0. The van der Waals surface area contributed by atoms with Crippen molar-refractivity contribution in [3.63, 3.8) is 0 Å². The first kappa shape index (κ1) is 52.2. The Hall–Kier alpha value is -3.80. The molecule has 2 aromatic carbocycles. The van der Waals surface area contributed by atoms with E-state index in [1.807, 2.05) is 58.0 Å². The molecule has 2 fully saturated rings. The van der Waals surface area contributed by atoms with Crippen LogP contribution in [0.3, 0.4) is 0 Å². The smallest absolute Gasteiger partial charge is 0.439 e. The minimum atomic E-state index is -2.02. The third-order valence-electron chi connectivity index (χ3n) is 11.7. The summed E-state index contributed by atoms with van der Waals surface area (Å²) in [5.41, 5.74) is 0.999. The number of benzene rings is 2. The number of methoxy groups -OCH3 is 1. The van der Waals surface area contributed by atoms with Gasteiger partial charge in [-0.05, 0) is 115 Å². The average Bonchev–Trinajstić information content (AvgIpc) is 3.68. The molecule has 3 aliphatic heterocycles. The van der Waals surface area contributed by atoms with Gasteiger partial charge in [-0.15, -0.1) is 0 Å². The number of anilines is 1. The van der Waals surface area contributed by atoms with E-state index in [0.717, 1.165) is 16.4 Å². The quantitative estimate of drug-likeness (QED) is 0.0644. The van der Waals surface area contributed by atoms with Gasteiger partial charge < -0.3 is 47.1 Å². The van der Waals surface area contributed by atoms with Crippen LogP contribution < -0.4 is 14.5 Å². The third kappa shape index (κ3) is 14.3. The Morgan fingerprint density at radius 3 is 2.18 bits per heavy atom. The van der Waals surface area contributed by atoms with E-state index in [9.17, 15) is 9.59 Å². The van der Waals surface area contributed by atoms with Gasteiger partial charge in [-0.3, -0.25) is 4.84 Å². The van der Waals surface area contributed by atoms with Crippen molar-refractivity contribution in [2.24, 2.45) is 5.92 Å². The van der Waals surface area contributed by atoms with Gasteiger partial charge in [0.25, 0.3) is 0 Å². The summed E-state index contributed by atoms with van der Waals surface area (Å²) in [4.78, 5) is 33.6. The van der Waals surface area contributed by atoms with Crippen LogP contribution in [0.2, 0.25) is 18.1 Å². The highest BCUT2D eigenvalue weighted by Crippen LogP contribution is 2.41. The fraction of sp³-hybridized carbons (Fsp3) is 0.640. The molecule has 5 rings (SSSR count). The zero-order chi connectivity index (χ0) is 48.3. The topological polar surface area (TPSA) is 139 Å². The predicted molar refractivity (Wildman–Crippen MR) is 251 cm³/mol. The Labute approximate surface area is 388 Å². The number of amides is 1. The van der Waals surface area contributed by atoms with Gasteiger partial charge in [0.1, 0.15) is 47.6 Å². The number of hydrogen-bond acceptors (Lipinski definition) is 13. The van der Waals surface area contributed by atoms with E-state index in [1.165, 1.54) is 0 Å². The Morgan fingerprint density at radius 2 is 1.58 bits per heavy atom. The van der Waals surface area contributed by atoms with E-state index < -0.39 is 67.8 Å². The molecule has 6 atom stereocenters. The summed E-state index contributed by atoms with van der Waals surface area (Å²) in [7, 11) is -0.382. The van der Waals surface area contributed by atoms with Crippen molar-refractivity contribution in [3.05, 3.63) is 71.3 Å². The van der Waals surface area contributed by atoms with Crippen molar-refractivity contribution in [2.45, 2.75) is 182 Å². The molecule has 1 amide bonds. The van der Waals surface area contributed by atoms with Crippen LogP contribution in [0.15, 0.2) is 54.6 Å². The number of carbonyl (C=O) groups is 2. The van der Waals surface area contributed by atoms with Crippen LogP contribution >= 0.6 is 0 Å². The standard InChI is InChI=1S/C50H75NO13Si/c1-32(33(2)64-65(16,17)47(6,7)8)21-26-39(55-29-34-22-24-37(54-15)25-23-34)43-40(59-49(11,12)61-43)20-18-19-35-27-36(28-41-42(35)44(52)62-50(13,14)60-41)51(45(53)63-46(3,4)5)57-31-38-30-56-48(9,10)58-38/h18-19,21-28,32-33,38-40,43H,20,29-31H2,1-17H3/t32-,33+,38-,39?,40+,43-/m1/s1. The highest BCUT2D eigenvalue weighted by Gasteiger charge is 2.45. The van der Waals surface area contributed by atoms with Gasteiger partial charge in [0.15, 0.2) is 19.9 Å². The normalized spacial score (nSPS) is 23.2. The zero-order valence-corrected chi connectivity index (χ0v) is 42.8.